The highest BCUT2D eigenvalue weighted by molar-refractivity contribution is 5.97. The number of ether oxygens (including phenoxy) is 2. The number of carbonyl (C=O) groups excluding carboxylic acids is 1. The van der Waals surface area contributed by atoms with Crippen LogP contribution in [0.4, 0.5) is 10.1 Å². The first-order valence-corrected chi connectivity index (χ1v) is 14.3. The molecular weight excluding hydrogens is 497 g/mol. The minimum Gasteiger partial charge on any atom is -0.474 e. The molecular formula is C30H42FN5O3. The number of amides is 1. The molecule has 212 valence electrons. The van der Waals surface area contributed by atoms with Crippen molar-refractivity contribution in [3.05, 3.63) is 53.5 Å². The molecule has 1 amide bonds. The summed E-state index contributed by atoms with van der Waals surface area (Å²) in [6.45, 7) is 14.4. The van der Waals surface area contributed by atoms with E-state index < -0.39 is 0 Å². The monoisotopic (exact) mass is 539 g/mol. The van der Waals surface area contributed by atoms with Gasteiger partial charge in [-0.25, -0.2) is 9.37 Å². The van der Waals surface area contributed by atoms with Gasteiger partial charge in [-0.1, -0.05) is 26.0 Å². The molecule has 8 nitrogen and oxygen atoms in total. The molecule has 2 fully saturated rings. The van der Waals surface area contributed by atoms with Gasteiger partial charge in [0.05, 0.1) is 25.8 Å². The molecule has 0 aliphatic carbocycles. The molecule has 0 spiro atoms. The molecule has 2 aromatic rings. The first kappa shape index (κ1) is 28.0. The number of halogens is 1. The van der Waals surface area contributed by atoms with Crippen LogP contribution in [0, 0.1) is 11.7 Å². The highest BCUT2D eigenvalue weighted by Gasteiger charge is 2.38. The minimum absolute atomic E-state index is 0.0770. The highest BCUT2D eigenvalue weighted by atomic mass is 19.1. The Balaban J connectivity index is 1.37. The minimum atomic E-state index is -0.254. The van der Waals surface area contributed by atoms with Crippen molar-refractivity contribution in [1.82, 2.24) is 20.1 Å². The third-order valence-electron chi connectivity index (χ3n) is 8.25. The van der Waals surface area contributed by atoms with Gasteiger partial charge >= 0.3 is 0 Å². The second-order valence-corrected chi connectivity index (χ2v) is 11.7. The van der Waals surface area contributed by atoms with Crippen LogP contribution in [0.25, 0.3) is 0 Å². The summed E-state index contributed by atoms with van der Waals surface area (Å²) < 4.78 is 25.1. The van der Waals surface area contributed by atoms with Crippen LogP contribution in [0.15, 0.2) is 36.5 Å². The molecule has 0 bridgehead atoms. The summed E-state index contributed by atoms with van der Waals surface area (Å²) >= 11 is 0. The molecule has 0 radical (unpaired) electrons. The Morgan fingerprint density at radius 2 is 1.95 bits per heavy atom. The van der Waals surface area contributed by atoms with Crippen LogP contribution >= 0.6 is 0 Å². The maximum Gasteiger partial charge on any atom is 0.241 e. The smallest absolute Gasteiger partial charge is 0.241 e. The Morgan fingerprint density at radius 1 is 1.15 bits per heavy atom. The maximum atomic E-state index is 14.2. The van der Waals surface area contributed by atoms with Crippen molar-refractivity contribution in [3.8, 4) is 5.88 Å². The fraction of sp³-hybridized carbons (Fsp3) is 0.600. The van der Waals surface area contributed by atoms with Gasteiger partial charge in [0, 0.05) is 50.5 Å². The number of fused-ring (bicyclic) bond motifs is 1. The molecule has 2 saturated heterocycles. The summed E-state index contributed by atoms with van der Waals surface area (Å²) in [6, 6.07) is 9.38. The van der Waals surface area contributed by atoms with Crippen molar-refractivity contribution in [2.75, 3.05) is 57.4 Å². The van der Waals surface area contributed by atoms with Gasteiger partial charge in [-0.15, -0.1) is 0 Å². The quantitative estimate of drug-likeness (QED) is 0.580. The molecule has 9 heteroatoms. The number of nitrogens with zero attached hydrogens (tertiary/aromatic N) is 4. The van der Waals surface area contributed by atoms with E-state index in [4.69, 9.17) is 9.47 Å². The number of rotatable bonds is 7. The molecule has 0 saturated carbocycles. The lowest BCUT2D eigenvalue weighted by Crippen LogP contribution is -2.63. The van der Waals surface area contributed by atoms with Gasteiger partial charge in [0.1, 0.15) is 18.1 Å². The number of hydrogen-bond donors (Lipinski definition) is 1. The number of aromatic nitrogens is 1. The zero-order valence-electron chi connectivity index (χ0n) is 23.6. The van der Waals surface area contributed by atoms with Crippen LogP contribution < -0.4 is 15.0 Å². The van der Waals surface area contributed by atoms with Crippen LogP contribution in [-0.4, -0.2) is 97.4 Å². The Kier molecular flexibility index (Phi) is 8.81. The Hall–Kier alpha value is -2.59. The van der Waals surface area contributed by atoms with E-state index in [0.717, 1.165) is 56.2 Å². The second-order valence-electron chi connectivity index (χ2n) is 11.7. The highest BCUT2D eigenvalue weighted by Crippen LogP contribution is 2.35. The average molecular weight is 540 g/mol. The molecule has 1 N–H and O–H groups in total. The van der Waals surface area contributed by atoms with E-state index >= 15 is 0 Å². The van der Waals surface area contributed by atoms with Crippen LogP contribution in [-0.2, 0) is 16.0 Å². The van der Waals surface area contributed by atoms with Gasteiger partial charge < -0.3 is 14.8 Å². The van der Waals surface area contributed by atoms with Gasteiger partial charge in [0.25, 0.3) is 0 Å². The second kappa shape index (κ2) is 12.3. The number of carbonyl (C=O) groups is 1. The first-order chi connectivity index (χ1) is 18.8. The van der Waals surface area contributed by atoms with Crippen LogP contribution in [0.5, 0.6) is 5.88 Å². The molecule has 5 rings (SSSR count). The molecule has 1 aromatic carbocycles. The number of piperazine rings is 1. The third-order valence-corrected chi connectivity index (χ3v) is 8.25. The van der Waals surface area contributed by atoms with Crippen LogP contribution in [0.1, 0.15) is 38.8 Å². The summed E-state index contributed by atoms with van der Waals surface area (Å²) in [5.74, 6) is 0.536. The van der Waals surface area contributed by atoms with Crippen LogP contribution in [0.3, 0.4) is 0 Å². The van der Waals surface area contributed by atoms with E-state index in [1.165, 1.54) is 12.1 Å². The van der Waals surface area contributed by atoms with Gasteiger partial charge in [-0.3, -0.25) is 19.5 Å². The van der Waals surface area contributed by atoms with Crippen molar-refractivity contribution in [2.24, 2.45) is 5.92 Å². The predicted octanol–water partition coefficient (Wildman–Crippen LogP) is 2.94. The lowest BCUT2D eigenvalue weighted by atomic mass is 9.99. The van der Waals surface area contributed by atoms with Gasteiger partial charge in [-0.05, 0) is 55.5 Å². The molecule has 4 heterocycles. The summed E-state index contributed by atoms with van der Waals surface area (Å²) in [5, 5.41) is 3.62. The summed E-state index contributed by atoms with van der Waals surface area (Å²) in [6.07, 6.45) is 2.39. The number of nitrogens with one attached hydrogen (secondary N) is 1. The van der Waals surface area contributed by atoms with E-state index in [-0.39, 0.29) is 29.7 Å². The van der Waals surface area contributed by atoms with E-state index in [9.17, 15) is 9.18 Å². The van der Waals surface area contributed by atoms with Crippen molar-refractivity contribution in [2.45, 2.75) is 58.3 Å². The standard InChI is InChI=1S/C30H42FN5O3/c1-20(2)28-19-39-30-27(12-24(13-33-30)11-23-5-7-25(31)8-6-23)36(28)29(37)17-35-15-21(3)32-14-26(35)16-34-9-10-38-18-22(34)4/h5-8,12-13,20-22,26,28,32H,9-11,14-19H2,1-4H3/t21-,22?,26-,28?/m1/s1. The molecule has 3 aliphatic rings. The van der Waals surface area contributed by atoms with Gasteiger partial charge in [-0.2, -0.15) is 0 Å². The topological polar surface area (TPSA) is 70.2 Å². The lowest BCUT2D eigenvalue weighted by molar-refractivity contribution is -0.122. The summed E-state index contributed by atoms with van der Waals surface area (Å²) in [7, 11) is 0. The Labute approximate surface area is 231 Å². The van der Waals surface area contributed by atoms with Crippen molar-refractivity contribution in [1.29, 1.82) is 0 Å². The first-order valence-electron chi connectivity index (χ1n) is 14.3. The molecule has 3 aliphatic heterocycles. The normalized spacial score (nSPS) is 26.4. The van der Waals surface area contributed by atoms with E-state index in [1.54, 1.807) is 18.3 Å². The van der Waals surface area contributed by atoms with E-state index in [2.05, 4.69) is 47.8 Å². The zero-order valence-corrected chi connectivity index (χ0v) is 23.6. The van der Waals surface area contributed by atoms with Gasteiger partial charge in [0.15, 0.2) is 0 Å². The number of morpholine rings is 1. The SMILES string of the molecule is CC(C)C1COc2ncc(Cc3ccc(F)cc3)cc2N1C(=O)CN1C[C@@H](C)NC[C@@H]1CN1CCOCC1C. The third kappa shape index (κ3) is 6.60. The largest absolute Gasteiger partial charge is 0.474 e. The molecule has 1 aromatic heterocycles. The van der Waals surface area contributed by atoms with Crippen molar-refractivity contribution in [3.63, 3.8) is 0 Å². The Morgan fingerprint density at radius 3 is 2.69 bits per heavy atom. The molecule has 39 heavy (non-hydrogen) atoms. The van der Waals surface area contributed by atoms with E-state index in [0.29, 0.717) is 37.5 Å². The Bertz CT molecular complexity index is 1130. The predicted molar refractivity (Wildman–Crippen MR) is 150 cm³/mol. The average Bonchev–Trinajstić information content (AvgIpc) is 2.91. The fourth-order valence-corrected chi connectivity index (χ4v) is 5.89. The zero-order chi connectivity index (χ0) is 27.5. The van der Waals surface area contributed by atoms with E-state index in [1.807, 2.05) is 11.0 Å². The van der Waals surface area contributed by atoms with Gasteiger partial charge in [0.2, 0.25) is 11.8 Å². The number of benzene rings is 1. The van der Waals surface area contributed by atoms with Crippen LogP contribution in [0.2, 0.25) is 0 Å². The molecule has 2 unspecified atom stereocenters. The maximum absolute atomic E-state index is 14.2. The fourth-order valence-electron chi connectivity index (χ4n) is 5.89. The summed E-state index contributed by atoms with van der Waals surface area (Å²) in [4.78, 5) is 25.5. The van der Waals surface area contributed by atoms with Crippen molar-refractivity contribution < 1.29 is 18.7 Å². The number of hydrogen-bond acceptors (Lipinski definition) is 7. The number of pyridine rings is 1. The lowest BCUT2D eigenvalue weighted by Gasteiger charge is -2.45. The summed E-state index contributed by atoms with van der Waals surface area (Å²) in [5.41, 5.74) is 2.68. The molecule has 4 atom stereocenters. The van der Waals surface area contributed by atoms with Crippen molar-refractivity contribution >= 4 is 11.6 Å². The number of anilines is 1.